The fourth-order valence-electron chi connectivity index (χ4n) is 5.42. The third kappa shape index (κ3) is 3.75. The lowest BCUT2D eigenvalue weighted by molar-refractivity contribution is -0.147. The Bertz CT molecular complexity index is 1130. The Balaban J connectivity index is 1.24. The molecule has 4 heterocycles. The minimum Gasteiger partial charge on any atom is -0.338 e. The largest absolute Gasteiger partial charge is 0.338 e. The minimum atomic E-state index is -0.912. The SMILES string of the molecule is CC12CCC(=O)N1c1ccccc1C(=O)N2CC(=O)N1CCN(C(=O)CN2C(=O)CCC2=O)CC1. The van der Waals surface area contributed by atoms with Crippen molar-refractivity contribution >= 4 is 41.1 Å². The highest BCUT2D eigenvalue weighted by atomic mass is 16.2. The van der Waals surface area contributed by atoms with Crippen LogP contribution in [0.3, 0.4) is 0 Å². The first-order valence-corrected chi connectivity index (χ1v) is 11.8. The molecule has 184 valence electrons. The Morgan fingerprint density at radius 2 is 1.37 bits per heavy atom. The number of nitrogens with zero attached hydrogens (tertiary/aromatic N) is 5. The van der Waals surface area contributed by atoms with Gasteiger partial charge in [-0.25, -0.2) is 0 Å². The summed E-state index contributed by atoms with van der Waals surface area (Å²) in [5, 5.41) is 0. The maximum absolute atomic E-state index is 13.4. The lowest BCUT2D eigenvalue weighted by Gasteiger charge is -2.49. The van der Waals surface area contributed by atoms with Crippen LogP contribution in [0.25, 0.3) is 0 Å². The summed E-state index contributed by atoms with van der Waals surface area (Å²) in [6, 6.07) is 6.95. The van der Waals surface area contributed by atoms with Gasteiger partial charge in [0.25, 0.3) is 5.91 Å². The highest BCUT2D eigenvalue weighted by Gasteiger charge is 2.53. The highest BCUT2D eigenvalue weighted by Crippen LogP contribution is 2.43. The number of likely N-dealkylation sites (tertiary alicyclic amines) is 1. The quantitative estimate of drug-likeness (QED) is 0.550. The van der Waals surface area contributed by atoms with Crippen LogP contribution in [0.5, 0.6) is 0 Å². The van der Waals surface area contributed by atoms with E-state index in [-0.39, 0.29) is 87.6 Å². The summed E-state index contributed by atoms with van der Waals surface area (Å²) in [6.07, 6.45) is 1.01. The van der Waals surface area contributed by atoms with Crippen molar-refractivity contribution in [2.24, 2.45) is 0 Å². The number of amides is 6. The number of rotatable bonds is 4. The van der Waals surface area contributed by atoms with Gasteiger partial charge in [-0.2, -0.15) is 0 Å². The first-order chi connectivity index (χ1) is 16.7. The van der Waals surface area contributed by atoms with Crippen LogP contribution in [0.15, 0.2) is 24.3 Å². The van der Waals surface area contributed by atoms with Crippen LogP contribution in [0.4, 0.5) is 5.69 Å². The molecule has 5 rings (SSSR count). The van der Waals surface area contributed by atoms with Crippen LogP contribution in [-0.2, 0) is 24.0 Å². The molecule has 3 fully saturated rings. The zero-order chi connectivity index (χ0) is 24.9. The van der Waals surface area contributed by atoms with E-state index < -0.39 is 5.66 Å². The molecule has 4 aliphatic heterocycles. The molecule has 0 saturated carbocycles. The van der Waals surface area contributed by atoms with Crippen LogP contribution >= 0.6 is 0 Å². The molecule has 0 aromatic heterocycles. The number of hydrogen-bond donors (Lipinski definition) is 0. The van der Waals surface area contributed by atoms with Gasteiger partial charge in [0.1, 0.15) is 18.8 Å². The maximum atomic E-state index is 13.4. The number of imide groups is 1. The van der Waals surface area contributed by atoms with Crippen molar-refractivity contribution in [3.8, 4) is 0 Å². The summed E-state index contributed by atoms with van der Waals surface area (Å²) in [6.45, 7) is 2.50. The van der Waals surface area contributed by atoms with E-state index in [1.807, 2.05) is 6.92 Å². The fraction of sp³-hybridized carbons (Fsp3) is 0.500. The Morgan fingerprint density at radius 3 is 2.00 bits per heavy atom. The molecule has 3 saturated heterocycles. The number of carbonyl (C=O) groups is 6. The molecule has 0 radical (unpaired) electrons. The summed E-state index contributed by atoms with van der Waals surface area (Å²) in [5.41, 5.74) is 0.0628. The van der Waals surface area contributed by atoms with Gasteiger partial charge in [-0.3, -0.25) is 38.6 Å². The van der Waals surface area contributed by atoms with Crippen molar-refractivity contribution < 1.29 is 28.8 Å². The molecule has 0 aliphatic carbocycles. The van der Waals surface area contributed by atoms with Gasteiger partial charge in [0.15, 0.2) is 0 Å². The zero-order valence-corrected chi connectivity index (χ0v) is 19.6. The minimum absolute atomic E-state index is 0.0769. The summed E-state index contributed by atoms with van der Waals surface area (Å²) < 4.78 is 0. The Hall–Kier alpha value is -3.76. The molecule has 1 unspecified atom stereocenters. The smallest absolute Gasteiger partial charge is 0.258 e. The van der Waals surface area contributed by atoms with E-state index in [0.29, 0.717) is 24.1 Å². The van der Waals surface area contributed by atoms with Crippen LogP contribution in [0.1, 0.15) is 43.0 Å². The maximum Gasteiger partial charge on any atom is 0.258 e. The molecule has 35 heavy (non-hydrogen) atoms. The van der Waals surface area contributed by atoms with Crippen molar-refractivity contribution in [1.29, 1.82) is 0 Å². The van der Waals surface area contributed by atoms with Crippen LogP contribution < -0.4 is 4.90 Å². The number of benzene rings is 1. The molecule has 0 spiro atoms. The number of piperazine rings is 1. The predicted octanol–water partition coefficient (Wildman–Crippen LogP) is -0.195. The topological polar surface area (TPSA) is 119 Å². The normalized spacial score (nSPS) is 24.3. The van der Waals surface area contributed by atoms with Crippen molar-refractivity contribution in [2.75, 3.05) is 44.2 Å². The van der Waals surface area contributed by atoms with Gasteiger partial charge >= 0.3 is 0 Å². The third-order valence-corrected chi connectivity index (χ3v) is 7.47. The van der Waals surface area contributed by atoms with E-state index in [0.717, 1.165) is 4.90 Å². The summed E-state index contributed by atoms with van der Waals surface area (Å²) in [5.74, 6) is -1.61. The van der Waals surface area contributed by atoms with Gasteiger partial charge < -0.3 is 14.7 Å². The summed E-state index contributed by atoms with van der Waals surface area (Å²) in [4.78, 5) is 82.7. The lowest BCUT2D eigenvalue weighted by atomic mass is 9.98. The molecule has 0 N–H and O–H groups in total. The van der Waals surface area contributed by atoms with E-state index in [2.05, 4.69) is 0 Å². The number of carbonyl (C=O) groups excluding carboxylic acids is 6. The summed E-state index contributed by atoms with van der Waals surface area (Å²) in [7, 11) is 0. The predicted molar refractivity (Wildman–Crippen MR) is 122 cm³/mol. The average molecular weight is 482 g/mol. The van der Waals surface area contributed by atoms with Gasteiger partial charge in [-0.05, 0) is 25.5 Å². The second-order valence-corrected chi connectivity index (χ2v) is 9.49. The van der Waals surface area contributed by atoms with E-state index in [4.69, 9.17) is 0 Å². The van der Waals surface area contributed by atoms with Gasteiger partial charge in [0, 0.05) is 45.4 Å². The van der Waals surface area contributed by atoms with E-state index >= 15 is 0 Å². The van der Waals surface area contributed by atoms with E-state index in [1.54, 1.807) is 39.0 Å². The summed E-state index contributed by atoms with van der Waals surface area (Å²) >= 11 is 0. The Labute approximate surface area is 202 Å². The molecule has 1 atom stereocenters. The molecular weight excluding hydrogens is 454 g/mol. The fourth-order valence-corrected chi connectivity index (χ4v) is 5.42. The second kappa shape index (κ2) is 8.47. The lowest BCUT2D eigenvalue weighted by Crippen LogP contribution is -2.64. The van der Waals surface area contributed by atoms with Crippen molar-refractivity contribution in [1.82, 2.24) is 19.6 Å². The third-order valence-electron chi connectivity index (χ3n) is 7.47. The molecule has 6 amide bonds. The van der Waals surface area contributed by atoms with Crippen molar-refractivity contribution in [3.05, 3.63) is 29.8 Å². The van der Waals surface area contributed by atoms with Crippen molar-refractivity contribution in [3.63, 3.8) is 0 Å². The zero-order valence-electron chi connectivity index (χ0n) is 19.6. The molecular formula is C24H27N5O6. The Kier molecular flexibility index (Phi) is 5.57. The molecule has 1 aromatic carbocycles. The highest BCUT2D eigenvalue weighted by molar-refractivity contribution is 6.11. The van der Waals surface area contributed by atoms with Crippen LogP contribution in [-0.4, -0.2) is 100.0 Å². The number of anilines is 1. The van der Waals surface area contributed by atoms with Gasteiger partial charge in [-0.1, -0.05) is 12.1 Å². The number of hydrogen-bond acceptors (Lipinski definition) is 6. The van der Waals surface area contributed by atoms with E-state index in [1.165, 1.54) is 4.90 Å². The molecule has 1 aromatic rings. The van der Waals surface area contributed by atoms with Gasteiger partial charge in [0.05, 0.1) is 11.3 Å². The first kappa shape index (κ1) is 23.0. The molecule has 0 bridgehead atoms. The van der Waals surface area contributed by atoms with Gasteiger partial charge in [0.2, 0.25) is 29.5 Å². The van der Waals surface area contributed by atoms with Crippen LogP contribution in [0.2, 0.25) is 0 Å². The van der Waals surface area contributed by atoms with Gasteiger partial charge in [-0.15, -0.1) is 0 Å². The number of para-hydroxylation sites is 1. The first-order valence-electron chi connectivity index (χ1n) is 11.8. The van der Waals surface area contributed by atoms with Crippen molar-refractivity contribution in [2.45, 2.75) is 38.3 Å². The number of fused-ring (bicyclic) bond motifs is 3. The molecule has 4 aliphatic rings. The van der Waals surface area contributed by atoms with E-state index in [9.17, 15) is 28.8 Å². The van der Waals surface area contributed by atoms with Crippen LogP contribution in [0, 0.1) is 0 Å². The standard InChI is InChI=1S/C24H27N5O6/c1-24-9-8-20(32)29(24)17-5-3-2-4-16(17)23(35)28(24)15-22(34)26-12-10-25(11-13-26)21(33)14-27-18(30)6-7-19(27)31/h2-5H,6-15H2,1H3. The average Bonchev–Trinajstić information content (AvgIpc) is 3.34. The second-order valence-electron chi connectivity index (χ2n) is 9.49. The Morgan fingerprint density at radius 1 is 0.800 bits per heavy atom. The molecule has 11 nitrogen and oxygen atoms in total. The monoisotopic (exact) mass is 481 g/mol. The molecule has 11 heteroatoms.